The summed E-state index contributed by atoms with van der Waals surface area (Å²) in [5, 5.41) is 0. The number of hydrogen-bond donors (Lipinski definition) is 1. The van der Waals surface area contributed by atoms with E-state index in [2.05, 4.69) is 18.4 Å². The summed E-state index contributed by atoms with van der Waals surface area (Å²) in [5.41, 5.74) is 6.86. The maximum absolute atomic E-state index is 5.52. The van der Waals surface area contributed by atoms with Gasteiger partial charge in [-0.15, -0.1) is 0 Å². The second kappa shape index (κ2) is 6.20. The van der Waals surface area contributed by atoms with Gasteiger partial charge in [0.05, 0.1) is 0 Å². The molecule has 2 N–H and O–H groups in total. The molecule has 1 saturated heterocycles. The molecule has 2 nitrogen and oxygen atoms in total. The number of rotatable bonds is 5. The minimum absolute atomic E-state index is 0.753. The molecule has 14 heavy (non-hydrogen) atoms. The third-order valence-corrected chi connectivity index (χ3v) is 3.13. The van der Waals surface area contributed by atoms with Crippen molar-refractivity contribution in [2.24, 2.45) is 11.7 Å². The highest BCUT2D eigenvalue weighted by Gasteiger charge is 2.18. The van der Waals surface area contributed by atoms with E-state index < -0.39 is 0 Å². The van der Waals surface area contributed by atoms with Gasteiger partial charge in [0.1, 0.15) is 0 Å². The van der Waals surface area contributed by atoms with Crippen LogP contribution in [0.3, 0.4) is 0 Å². The van der Waals surface area contributed by atoms with Crippen molar-refractivity contribution in [1.82, 2.24) is 4.90 Å². The summed E-state index contributed by atoms with van der Waals surface area (Å²) in [6.07, 6.45) is 4.92. The molecule has 0 aliphatic carbocycles. The highest BCUT2D eigenvalue weighted by molar-refractivity contribution is 4.97. The maximum Gasteiger partial charge on any atom is 0.00126 e. The summed E-state index contributed by atoms with van der Waals surface area (Å²) in [6, 6.07) is 0. The monoisotopic (exact) mass is 196 g/mol. The lowest BCUT2D eigenvalue weighted by Gasteiger charge is -2.32. The van der Waals surface area contributed by atoms with Gasteiger partial charge in [0, 0.05) is 6.54 Å². The predicted octanol–water partition coefficient (Wildman–Crippen LogP) is 2.01. The standard InChI is InChI=1S/C12H24N2/c1-3-14-8-4-5-12(10-14)9-11(2)6-7-13/h12H,2-10,13H2,1H3. The largest absolute Gasteiger partial charge is 0.330 e. The van der Waals surface area contributed by atoms with Crippen LogP contribution in [0, 0.1) is 5.92 Å². The van der Waals surface area contributed by atoms with Gasteiger partial charge in [0.2, 0.25) is 0 Å². The van der Waals surface area contributed by atoms with Crippen molar-refractivity contribution in [2.45, 2.75) is 32.6 Å². The molecular weight excluding hydrogens is 172 g/mol. The maximum atomic E-state index is 5.52. The highest BCUT2D eigenvalue weighted by atomic mass is 15.1. The van der Waals surface area contributed by atoms with Crippen LogP contribution in [-0.4, -0.2) is 31.1 Å². The van der Waals surface area contributed by atoms with Gasteiger partial charge < -0.3 is 10.6 Å². The SMILES string of the molecule is C=C(CCN)CC1CCCN(CC)C1. The summed E-state index contributed by atoms with van der Waals surface area (Å²) < 4.78 is 0. The molecule has 0 spiro atoms. The van der Waals surface area contributed by atoms with E-state index in [1.165, 1.54) is 44.5 Å². The first-order chi connectivity index (χ1) is 6.76. The van der Waals surface area contributed by atoms with Crippen molar-refractivity contribution < 1.29 is 0 Å². The van der Waals surface area contributed by atoms with E-state index in [0.717, 1.165) is 18.9 Å². The Morgan fingerprint density at radius 1 is 1.57 bits per heavy atom. The van der Waals surface area contributed by atoms with Gasteiger partial charge in [0.15, 0.2) is 0 Å². The molecule has 0 amide bonds. The molecule has 0 aromatic carbocycles. The van der Waals surface area contributed by atoms with Crippen LogP contribution in [0.15, 0.2) is 12.2 Å². The Kier molecular flexibility index (Phi) is 5.20. The Labute approximate surface area is 88.2 Å². The Hall–Kier alpha value is -0.340. The molecule has 0 bridgehead atoms. The predicted molar refractivity (Wildman–Crippen MR) is 62.3 cm³/mol. The van der Waals surface area contributed by atoms with E-state index in [9.17, 15) is 0 Å². The van der Waals surface area contributed by atoms with Gasteiger partial charge in [-0.25, -0.2) is 0 Å². The fourth-order valence-corrected chi connectivity index (χ4v) is 2.32. The van der Waals surface area contributed by atoms with Crippen molar-refractivity contribution >= 4 is 0 Å². The molecule has 1 rings (SSSR count). The molecule has 1 heterocycles. The zero-order chi connectivity index (χ0) is 10.4. The summed E-state index contributed by atoms with van der Waals surface area (Å²) in [4.78, 5) is 2.55. The average Bonchev–Trinajstić information content (AvgIpc) is 2.18. The van der Waals surface area contributed by atoms with Crippen LogP contribution in [0.5, 0.6) is 0 Å². The fourth-order valence-electron chi connectivity index (χ4n) is 2.32. The highest BCUT2D eigenvalue weighted by Crippen LogP contribution is 2.23. The molecule has 1 unspecified atom stereocenters. The van der Waals surface area contributed by atoms with Crippen molar-refractivity contribution in [2.75, 3.05) is 26.2 Å². The summed E-state index contributed by atoms with van der Waals surface area (Å²) in [7, 11) is 0. The van der Waals surface area contributed by atoms with E-state index in [0.29, 0.717) is 0 Å². The third-order valence-electron chi connectivity index (χ3n) is 3.13. The molecule has 0 saturated carbocycles. The van der Waals surface area contributed by atoms with Crippen molar-refractivity contribution in [1.29, 1.82) is 0 Å². The molecule has 1 fully saturated rings. The minimum Gasteiger partial charge on any atom is -0.330 e. The Balaban J connectivity index is 2.26. The van der Waals surface area contributed by atoms with Crippen LogP contribution >= 0.6 is 0 Å². The van der Waals surface area contributed by atoms with Gasteiger partial charge in [-0.05, 0) is 51.2 Å². The second-order valence-electron chi connectivity index (χ2n) is 4.39. The summed E-state index contributed by atoms with van der Waals surface area (Å²) in [6.45, 7) is 10.8. The smallest absolute Gasteiger partial charge is 0.00126 e. The zero-order valence-corrected chi connectivity index (χ0v) is 9.47. The minimum atomic E-state index is 0.753. The van der Waals surface area contributed by atoms with E-state index in [1.807, 2.05) is 0 Å². The van der Waals surface area contributed by atoms with E-state index in [-0.39, 0.29) is 0 Å². The molecule has 1 atom stereocenters. The summed E-state index contributed by atoms with van der Waals surface area (Å²) >= 11 is 0. The zero-order valence-electron chi connectivity index (χ0n) is 9.47. The lowest BCUT2D eigenvalue weighted by atomic mass is 9.91. The van der Waals surface area contributed by atoms with Gasteiger partial charge in [-0.1, -0.05) is 19.1 Å². The van der Waals surface area contributed by atoms with Crippen LogP contribution in [0.4, 0.5) is 0 Å². The van der Waals surface area contributed by atoms with Crippen LogP contribution in [0.1, 0.15) is 32.6 Å². The van der Waals surface area contributed by atoms with Crippen LogP contribution in [0.25, 0.3) is 0 Å². The topological polar surface area (TPSA) is 29.3 Å². The quantitative estimate of drug-likeness (QED) is 0.682. The molecule has 0 aromatic heterocycles. The molecule has 1 aliphatic heterocycles. The first-order valence-electron chi connectivity index (χ1n) is 5.85. The van der Waals surface area contributed by atoms with Crippen molar-refractivity contribution in [3.8, 4) is 0 Å². The normalized spacial score (nSPS) is 23.7. The Bertz CT molecular complexity index is 177. The Morgan fingerprint density at radius 2 is 2.36 bits per heavy atom. The van der Waals surface area contributed by atoms with Gasteiger partial charge >= 0.3 is 0 Å². The second-order valence-corrected chi connectivity index (χ2v) is 4.39. The number of likely N-dealkylation sites (tertiary alicyclic amines) is 1. The molecule has 2 heteroatoms. The van der Waals surface area contributed by atoms with E-state index in [4.69, 9.17) is 5.73 Å². The van der Waals surface area contributed by atoms with Gasteiger partial charge in [0.25, 0.3) is 0 Å². The first-order valence-corrected chi connectivity index (χ1v) is 5.85. The number of piperidine rings is 1. The van der Waals surface area contributed by atoms with Crippen LogP contribution < -0.4 is 5.73 Å². The lowest BCUT2D eigenvalue weighted by Crippen LogP contribution is -2.35. The first kappa shape index (κ1) is 11.7. The van der Waals surface area contributed by atoms with Crippen LogP contribution in [-0.2, 0) is 0 Å². The third kappa shape index (κ3) is 3.81. The van der Waals surface area contributed by atoms with Crippen molar-refractivity contribution in [3.05, 3.63) is 12.2 Å². The summed E-state index contributed by atoms with van der Waals surface area (Å²) in [5.74, 6) is 0.836. The number of hydrogen-bond acceptors (Lipinski definition) is 2. The van der Waals surface area contributed by atoms with E-state index >= 15 is 0 Å². The molecule has 0 aromatic rings. The van der Waals surface area contributed by atoms with Crippen LogP contribution in [0.2, 0.25) is 0 Å². The number of nitrogens with zero attached hydrogens (tertiary/aromatic N) is 1. The van der Waals surface area contributed by atoms with Gasteiger partial charge in [-0.3, -0.25) is 0 Å². The van der Waals surface area contributed by atoms with Crippen molar-refractivity contribution in [3.63, 3.8) is 0 Å². The molecule has 0 radical (unpaired) electrons. The number of nitrogens with two attached hydrogens (primary N) is 1. The average molecular weight is 196 g/mol. The van der Waals surface area contributed by atoms with E-state index in [1.54, 1.807) is 0 Å². The molecule has 1 aliphatic rings. The molecule has 82 valence electrons. The lowest BCUT2D eigenvalue weighted by molar-refractivity contribution is 0.181. The Morgan fingerprint density at radius 3 is 3.00 bits per heavy atom. The molecular formula is C12H24N2. The van der Waals surface area contributed by atoms with Gasteiger partial charge in [-0.2, -0.15) is 0 Å². The fraction of sp³-hybridized carbons (Fsp3) is 0.833.